The number of anilines is 1. The van der Waals surface area contributed by atoms with Gasteiger partial charge in [-0.1, -0.05) is 0 Å². The fraction of sp³-hybridized carbons (Fsp3) is 0.409. The van der Waals surface area contributed by atoms with Crippen molar-refractivity contribution < 1.29 is 4.39 Å². The SMILES string of the molecule is CC(C)n1cc(-c2ccnc(N[C@H]3CC[C@H](N)CC3)n2)n(-c2ccc(F)cc2)c1=O. The van der Waals surface area contributed by atoms with Crippen LogP contribution in [0.3, 0.4) is 0 Å². The maximum absolute atomic E-state index is 13.4. The van der Waals surface area contributed by atoms with Crippen molar-refractivity contribution in [3.8, 4) is 17.1 Å². The van der Waals surface area contributed by atoms with Gasteiger partial charge >= 0.3 is 5.69 Å². The van der Waals surface area contributed by atoms with Crippen LogP contribution >= 0.6 is 0 Å². The number of benzene rings is 1. The summed E-state index contributed by atoms with van der Waals surface area (Å²) in [5.74, 6) is 0.181. The maximum atomic E-state index is 13.4. The first kappa shape index (κ1) is 20.3. The van der Waals surface area contributed by atoms with Gasteiger partial charge in [-0.3, -0.25) is 9.13 Å². The average molecular weight is 410 g/mol. The lowest BCUT2D eigenvalue weighted by molar-refractivity contribution is 0.410. The van der Waals surface area contributed by atoms with Crippen LogP contribution in [0.15, 0.2) is 47.5 Å². The molecule has 0 aliphatic heterocycles. The van der Waals surface area contributed by atoms with Crippen LogP contribution in [0.25, 0.3) is 17.1 Å². The maximum Gasteiger partial charge on any atom is 0.333 e. The minimum atomic E-state index is -0.350. The lowest BCUT2D eigenvalue weighted by Crippen LogP contribution is -2.33. The van der Waals surface area contributed by atoms with Crippen molar-refractivity contribution in [2.45, 2.75) is 57.7 Å². The number of nitrogens with zero attached hydrogens (tertiary/aromatic N) is 4. The van der Waals surface area contributed by atoms with Gasteiger partial charge in [0.15, 0.2) is 0 Å². The van der Waals surface area contributed by atoms with Crippen molar-refractivity contribution in [2.75, 3.05) is 5.32 Å². The molecule has 7 nitrogen and oxygen atoms in total. The average Bonchev–Trinajstić information content (AvgIpc) is 3.08. The van der Waals surface area contributed by atoms with Gasteiger partial charge in [-0.05, 0) is 69.9 Å². The Kier molecular flexibility index (Phi) is 5.67. The lowest BCUT2D eigenvalue weighted by Gasteiger charge is -2.26. The third-order valence-electron chi connectivity index (χ3n) is 5.58. The van der Waals surface area contributed by atoms with Crippen molar-refractivity contribution in [1.29, 1.82) is 0 Å². The van der Waals surface area contributed by atoms with Crippen molar-refractivity contribution >= 4 is 5.95 Å². The highest BCUT2D eigenvalue weighted by atomic mass is 19.1. The van der Waals surface area contributed by atoms with E-state index in [1.54, 1.807) is 39.7 Å². The topological polar surface area (TPSA) is 90.8 Å². The van der Waals surface area contributed by atoms with Crippen LogP contribution in [-0.4, -0.2) is 31.2 Å². The first-order valence-corrected chi connectivity index (χ1v) is 10.4. The van der Waals surface area contributed by atoms with Crippen LogP contribution in [0.1, 0.15) is 45.6 Å². The summed E-state index contributed by atoms with van der Waals surface area (Å²) < 4.78 is 16.6. The van der Waals surface area contributed by atoms with Gasteiger partial charge in [0.1, 0.15) is 5.82 Å². The Morgan fingerprint density at radius 3 is 2.50 bits per heavy atom. The molecule has 3 N–H and O–H groups in total. The second kappa shape index (κ2) is 8.39. The molecule has 0 saturated heterocycles. The van der Waals surface area contributed by atoms with E-state index in [0.717, 1.165) is 25.7 Å². The molecule has 1 saturated carbocycles. The van der Waals surface area contributed by atoms with Crippen molar-refractivity contribution in [3.63, 3.8) is 0 Å². The number of nitrogens with one attached hydrogen (secondary N) is 1. The van der Waals surface area contributed by atoms with Crippen LogP contribution < -0.4 is 16.7 Å². The second-order valence-corrected chi connectivity index (χ2v) is 8.13. The van der Waals surface area contributed by atoms with Gasteiger partial charge in [-0.25, -0.2) is 19.2 Å². The van der Waals surface area contributed by atoms with Crippen molar-refractivity contribution in [3.05, 3.63) is 59.0 Å². The summed E-state index contributed by atoms with van der Waals surface area (Å²) in [4.78, 5) is 22.1. The van der Waals surface area contributed by atoms with Gasteiger partial charge < -0.3 is 11.1 Å². The summed E-state index contributed by atoms with van der Waals surface area (Å²) in [6, 6.07) is 8.20. The molecule has 2 heterocycles. The molecule has 1 fully saturated rings. The Morgan fingerprint density at radius 2 is 1.83 bits per heavy atom. The molecule has 0 spiro atoms. The molecule has 4 rings (SSSR count). The van der Waals surface area contributed by atoms with E-state index < -0.39 is 0 Å². The molecular formula is C22H27FN6O. The number of rotatable bonds is 5. The highest BCUT2D eigenvalue weighted by molar-refractivity contribution is 5.59. The molecule has 158 valence electrons. The molecule has 2 aromatic heterocycles. The Balaban J connectivity index is 1.72. The largest absolute Gasteiger partial charge is 0.351 e. The fourth-order valence-corrected chi connectivity index (χ4v) is 3.87. The van der Waals surface area contributed by atoms with E-state index in [0.29, 0.717) is 29.1 Å². The Hall–Kier alpha value is -3.00. The third kappa shape index (κ3) is 4.14. The number of imidazole rings is 1. The summed E-state index contributed by atoms with van der Waals surface area (Å²) in [5, 5.41) is 3.40. The van der Waals surface area contributed by atoms with Gasteiger partial charge in [-0.2, -0.15) is 0 Å². The molecule has 1 aliphatic rings. The van der Waals surface area contributed by atoms with E-state index in [-0.39, 0.29) is 23.6 Å². The highest BCUT2D eigenvalue weighted by Gasteiger charge is 2.21. The second-order valence-electron chi connectivity index (χ2n) is 8.13. The molecule has 0 amide bonds. The van der Waals surface area contributed by atoms with Crippen LogP contribution in [-0.2, 0) is 0 Å². The number of hydrogen-bond acceptors (Lipinski definition) is 5. The molecule has 1 aromatic carbocycles. The molecule has 0 atom stereocenters. The standard InChI is InChI=1S/C22H27FN6O/c1-14(2)28-13-20(29(22(28)30)18-9-3-15(23)4-10-18)19-11-12-25-21(27-19)26-17-7-5-16(24)6-8-17/h3-4,9-14,16-17H,5-8,24H2,1-2H3,(H,25,26,27)/t16-,17-. The van der Waals surface area contributed by atoms with E-state index in [1.807, 2.05) is 13.8 Å². The van der Waals surface area contributed by atoms with Crippen LogP contribution in [0.2, 0.25) is 0 Å². The summed E-state index contributed by atoms with van der Waals surface area (Å²) in [5.41, 5.74) is 7.65. The predicted molar refractivity (Wildman–Crippen MR) is 115 cm³/mol. The first-order valence-electron chi connectivity index (χ1n) is 10.4. The minimum absolute atomic E-state index is 0.0242. The Morgan fingerprint density at radius 1 is 1.13 bits per heavy atom. The van der Waals surface area contributed by atoms with E-state index in [4.69, 9.17) is 5.73 Å². The van der Waals surface area contributed by atoms with Crippen LogP contribution in [0.5, 0.6) is 0 Å². The number of aromatic nitrogens is 4. The number of nitrogens with two attached hydrogens (primary N) is 1. The normalized spacial score (nSPS) is 19.2. The molecule has 8 heteroatoms. The molecule has 0 radical (unpaired) electrons. The quantitative estimate of drug-likeness (QED) is 0.672. The summed E-state index contributed by atoms with van der Waals surface area (Å²) in [6.45, 7) is 3.89. The zero-order valence-corrected chi connectivity index (χ0v) is 17.3. The zero-order valence-electron chi connectivity index (χ0n) is 17.3. The molecule has 0 unspecified atom stereocenters. The minimum Gasteiger partial charge on any atom is -0.351 e. The summed E-state index contributed by atoms with van der Waals surface area (Å²) in [7, 11) is 0. The van der Waals surface area contributed by atoms with E-state index in [1.165, 1.54) is 12.1 Å². The van der Waals surface area contributed by atoms with Gasteiger partial charge in [0, 0.05) is 30.5 Å². The Bertz CT molecular complexity index is 1060. The van der Waals surface area contributed by atoms with Crippen molar-refractivity contribution in [2.24, 2.45) is 5.73 Å². The Labute approximate surface area is 174 Å². The van der Waals surface area contributed by atoms with Crippen LogP contribution in [0, 0.1) is 5.82 Å². The highest BCUT2D eigenvalue weighted by Crippen LogP contribution is 2.24. The van der Waals surface area contributed by atoms with E-state index >= 15 is 0 Å². The molecule has 1 aliphatic carbocycles. The van der Waals surface area contributed by atoms with Gasteiger partial charge in [0.2, 0.25) is 5.95 Å². The molecule has 0 bridgehead atoms. The zero-order chi connectivity index (χ0) is 21.3. The van der Waals surface area contributed by atoms with Gasteiger partial charge in [0.05, 0.1) is 17.1 Å². The fourth-order valence-electron chi connectivity index (χ4n) is 3.87. The number of halogens is 1. The van der Waals surface area contributed by atoms with E-state index in [2.05, 4.69) is 15.3 Å². The van der Waals surface area contributed by atoms with Gasteiger partial charge in [0.25, 0.3) is 0 Å². The summed E-state index contributed by atoms with van der Waals surface area (Å²) in [6.07, 6.45) is 7.42. The third-order valence-corrected chi connectivity index (χ3v) is 5.58. The summed E-state index contributed by atoms with van der Waals surface area (Å²) >= 11 is 0. The van der Waals surface area contributed by atoms with Crippen molar-refractivity contribution in [1.82, 2.24) is 19.1 Å². The monoisotopic (exact) mass is 410 g/mol. The molecule has 30 heavy (non-hydrogen) atoms. The smallest absolute Gasteiger partial charge is 0.333 e. The number of hydrogen-bond donors (Lipinski definition) is 2. The molecule has 3 aromatic rings. The predicted octanol–water partition coefficient (Wildman–Crippen LogP) is 3.50. The van der Waals surface area contributed by atoms with Crippen LogP contribution in [0.4, 0.5) is 10.3 Å². The lowest BCUT2D eigenvalue weighted by atomic mass is 9.92. The first-order chi connectivity index (χ1) is 14.4. The van der Waals surface area contributed by atoms with E-state index in [9.17, 15) is 9.18 Å². The van der Waals surface area contributed by atoms with Gasteiger partial charge in [-0.15, -0.1) is 0 Å². The molecular weight excluding hydrogens is 383 g/mol.